The number of hydrogen-bond acceptors (Lipinski definition) is 5. The van der Waals surface area contributed by atoms with E-state index in [0.717, 1.165) is 49.0 Å². The minimum absolute atomic E-state index is 0.294. The Morgan fingerprint density at radius 2 is 1.89 bits per heavy atom. The summed E-state index contributed by atoms with van der Waals surface area (Å²) in [7, 11) is 1.34. The Kier molecular flexibility index (Phi) is 6.19. The molecule has 0 aromatic carbocycles. The average Bonchev–Trinajstić information content (AvgIpc) is 3.03. The number of hydrogen-bond donors (Lipinski definition) is 2. The second kappa shape index (κ2) is 8.42. The van der Waals surface area contributed by atoms with Gasteiger partial charge in [0.25, 0.3) is 0 Å². The molecule has 1 heterocycles. The molecule has 0 saturated heterocycles. The molecular formula is C20H27NO5S. The smallest absolute Gasteiger partial charge is 0.341 e. The van der Waals surface area contributed by atoms with E-state index in [9.17, 15) is 19.5 Å². The fraction of sp³-hybridized carbons (Fsp3) is 0.650. The average molecular weight is 394 g/mol. The summed E-state index contributed by atoms with van der Waals surface area (Å²) in [5, 5.41) is 12.8. The second-order valence-electron chi connectivity index (χ2n) is 7.54. The third-order valence-electron chi connectivity index (χ3n) is 5.99. The lowest BCUT2D eigenvalue weighted by Gasteiger charge is -2.27. The van der Waals surface area contributed by atoms with E-state index in [-0.39, 0.29) is 5.91 Å². The van der Waals surface area contributed by atoms with Crippen LogP contribution in [0.25, 0.3) is 0 Å². The highest BCUT2D eigenvalue weighted by molar-refractivity contribution is 7.17. The molecule has 1 aromatic rings. The number of methoxy groups -OCH3 is 1. The number of fused-ring (bicyclic) bond motifs is 1. The molecule has 0 bridgehead atoms. The van der Waals surface area contributed by atoms with E-state index in [1.165, 1.54) is 18.4 Å². The molecule has 3 rings (SSSR count). The van der Waals surface area contributed by atoms with E-state index in [4.69, 9.17) is 4.74 Å². The predicted molar refractivity (Wildman–Crippen MR) is 103 cm³/mol. The minimum atomic E-state index is -0.917. The van der Waals surface area contributed by atoms with Crippen LogP contribution in [0.1, 0.15) is 66.2 Å². The van der Waals surface area contributed by atoms with Crippen LogP contribution in [0.3, 0.4) is 0 Å². The van der Waals surface area contributed by atoms with Crippen LogP contribution in [0.4, 0.5) is 5.00 Å². The molecule has 1 fully saturated rings. The van der Waals surface area contributed by atoms with Crippen molar-refractivity contribution >= 4 is 34.2 Å². The first-order valence-corrected chi connectivity index (χ1v) is 10.5. The van der Waals surface area contributed by atoms with E-state index in [1.54, 1.807) is 0 Å². The first-order valence-electron chi connectivity index (χ1n) is 9.72. The molecule has 0 aliphatic heterocycles. The molecule has 1 saturated carbocycles. The maximum atomic E-state index is 12.9. The van der Waals surface area contributed by atoms with Gasteiger partial charge in [-0.15, -0.1) is 11.3 Å². The zero-order chi connectivity index (χ0) is 19.6. The number of thiophene rings is 1. The van der Waals surface area contributed by atoms with Crippen LogP contribution in [0.2, 0.25) is 0 Å². The Bertz CT molecular complexity index is 741. The Hall–Kier alpha value is -1.89. The van der Waals surface area contributed by atoms with Crippen LogP contribution in [0, 0.1) is 17.8 Å². The number of aliphatic carboxylic acids is 1. The third-order valence-corrected chi connectivity index (χ3v) is 7.16. The maximum Gasteiger partial charge on any atom is 0.341 e. The molecular weight excluding hydrogens is 366 g/mol. The van der Waals surface area contributed by atoms with E-state index in [2.05, 4.69) is 12.2 Å². The summed E-state index contributed by atoms with van der Waals surface area (Å²) in [5.74, 6) is -2.25. The molecule has 27 heavy (non-hydrogen) atoms. The lowest BCUT2D eigenvalue weighted by molar-refractivity contribution is -0.147. The number of ether oxygens (including phenoxy) is 1. The Balaban J connectivity index is 1.87. The van der Waals surface area contributed by atoms with Gasteiger partial charge in [0, 0.05) is 4.88 Å². The molecule has 0 spiro atoms. The van der Waals surface area contributed by atoms with Gasteiger partial charge >= 0.3 is 11.9 Å². The third kappa shape index (κ3) is 4.03. The molecule has 2 aliphatic rings. The van der Waals surface area contributed by atoms with Gasteiger partial charge in [0.1, 0.15) is 5.00 Å². The van der Waals surface area contributed by atoms with Gasteiger partial charge in [-0.3, -0.25) is 9.59 Å². The number of anilines is 1. The quantitative estimate of drug-likeness (QED) is 0.741. The molecule has 6 nitrogen and oxygen atoms in total. The van der Waals surface area contributed by atoms with Gasteiger partial charge in [0.05, 0.1) is 24.5 Å². The van der Waals surface area contributed by atoms with Crippen LogP contribution in [0.5, 0.6) is 0 Å². The lowest BCUT2D eigenvalue weighted by Crippen LogP contribution is -2.36. The van der Waals surface area contributed by atoms with Crippen molar-refractivity contribution in [3.63, 3.8) is 0 Å². The van der Waals surface area contributed by atoms with Crippen molar-refractivity contribution in [3.05, 3.63) is 16.0 Å². The normalized spacial score (nSPS) is 24.7. The molecule has 0 radical (unpaired) electrons. The second-order valence-corrected chi connectivity index (χ2v) is 8.65. The summed E-state index contributed by atoms with van der Waals surface area (Å²) >= 11 is 1.45. The van der Waals surface area contributed by atoms with Crippen LogP contribution >= 0.6 is 11.3 Å². The number of carbonyl (C=O) groups is 3. The molecule has 1 amide bonds. The highest BCUT2D eigenvalue weighted by Gasteiger charge is 2.37. The molecule has 148 valence electrons. The number of carbonyl (C=O) groups excluding carboxylic acids is 2. The molecule has 7 heteroatoms. The fourth-order valence-corrected chi connectivity index (χ4v) is 5.71. The van der Waals surface area contributed by atoms with Crippen molar-refractivity contribution in [1.82, 2.24) is 0 Å². The van der Waals surface area contributed by atoms with Crippen LogP contribution in [0.15, 0.2) is 0 Å². The van der Waals surface area contributed by atoms with Gasteiger partial charge in [0.15, 0.2) is 0 Å². The number of amides is 1. The molecule has 3 atom stereocenters. The van der Waals surface area contributed by atoms with Crippen molar-refractivity contribution in [3.8, 4) is 0 Å². The van der Waals surface area contributed by atoms with Crippen molar-refractivity contribution in [2.24, 2.45) is 17.8 Å². The van der Waals surface area contributed by atoms with E-state index >= 15 is 0 Å². The Labute approximate surface area is 163 Å². The summed E-state index contributed by atoms with van der Waals surface area (Å²) in [4.78, 5) is 37.9. The molecule has 0 unspecified atom stereocenters. The van der Waals surface area contributed by atoms with Crippen LogP contribution < -0.4 is 5.32 Å². The summed E-state index contributed by atoms with van der Waals surface area (Å²) in [6.45, 7) is 2.17. The molecule has 2 N–H and O–H groups in total. The van der Waals surface area contributed by atoms with Crippen LogP contribution in [-0.4, -0.2) is 30.1 Å². The minimum Gasteiger partial charge on any atom is -0.481 e. The Morgan fingerprint density at radius 1 is 1.19 bits per heavy atom. The molecule has 2 aliphatic carbocycles. The van der Waals surface area contributed by atoms with Gasteiger partial charge in [0.2, 0.25) is 5.91 Å². The molecule has 1 aromatic heterocycles. The monoisotopic (exact) mass is 393 g/mol. The zero-order valence-corrected chi connectivity index (χ0v) is 16.7. The van der Waals surface area contributed by atoms with Crippen molar-refractivity contribution in [2.45, 2.75) is 58.3 Å². The number of carboxylic acid groups (broad SMARTS) is 1. The lowest BCUT2D eigenvalue weighted by atomic mass is 9.78. The number of nitrogens with one attached hydrogen (secondary N) is 1. The largest absolute Gasteiger partial charge is 0.481 e. The Morgan fingerprint density at radius 3 is 2.52 bits per heavy atom. The maximum absolute atomic E-state index is 12.9. The van der Waals surface area contributed by atoms with Gasteiger partial charge in [-0.25, -0.2) is 4.79 Å². The van der Waals surface area contributed by atoms with Crippen molar-refractivity contribution in [2.75, 3.05) is 12.4 Å². The number of carboxylic acids is 1. The standard InChI is InChI=1S/C20H27NO5S/c1-3-11-8-9-14-15(10-11)27-18(16(14)20(25)26-2)21-17(22)12-6-4-5-7-13(12)19(23)24/h11-13H,3-10H2,1-2H3,(H,21,22)(H,23,24)/t11-,12+,13+/m1/s1. The van der Waals surface area contributed by atoms with E-state index in [1.807, 2.05) is 0 Å². The van der Waals surface area contributed by atoms with Gasteiger partial charge in [-0.2, -0.15) is 0 Å². The number of rotatable bonds is 5. The fourth-order valence-electron chi connectivity index (χ4n) is 4.35. The summed E-state index contributed by atoms with van der Waals surface area (Å²) < 4.78 is 4.96. The van der Waals surface area contributed by atoms with E-state index < -0.39 is 23.8 Å². The SMILES string of the molecule is CC[C@@H]1CCc2c(sc(NC(=O)[C@H]3CCCC[C@@H]3C(=O)O)c2C(=O)OC)C1. The van der Waals surface area contributed by atoms with E-state index in [0.29, 0.717) is 29.3 Å². The van der Waals surface area contributed by atoms with Gasteiger partial charge in [-0.1, -0.05) is 26.2 Å². The number of esters is 1. The predicted octanol–water partition coefficient (Wildman–Crippen LogP) is 3.88. The summed E-state index contributed by atoms with van der Waals surface area (Å²) in [6.07, 6.45) is 6.63. The highest BCUT2D eigenvalue weighted by Crippen LogP contribution is 2.41. The summed E-state index contributed by atoms with van der Waals surface area (Å²) in [5.41, 5.74) is 1.45. The first-order chi connectivity index (χ1) is 13.0. The topological polar surface area (TPSA) is 92.7 Å². The first kappa shape index (κ1) is 19.9. The van der Waals surface area contributed by atoms with Crippen molar-refractivity contribution in [1.29, 1.82) is 0 Å². The highest BCUT2D eigenvalue weighted by atomic mass is 32.1. The van der Waals surface area contributed by atoms with Crippen LogP contribution in [-0.2, 0) is 27.2 Å². The summed E-state index contributed by atoms with van der Waals surface area (Å²) in [6, 6.07) is 0. The zero-order valence-electron chi connectivity index (χ0n) is 15.9. The van der Waals surface area contributed by atoms with Gasteiger partial charge < -0.3 is 15.2 Å². The van der Waals surface area contributed by atoms with Crippen molar-refractivity contribution < 1.29 is 24.2 Å². The van der Waals surface area contributed by atoms with Gasteiger partial charge in [-0.05, 0) is 43.6 Å².